The minimum absolute atomic E-state index is 0.583. The normalized spacial score (nSPS) is 28.8. The van der Waals surface area contributed by atoms with Gasteiger partial charge in [-0.15, -0.1) is 0 Å². The predicted octanol–water partition coefficient (Wildman–Crippen LogP) is 2.76. The van der Waals surface area contributed by atoms with E-state index in [1.807, 2.05) is 0 Å². The Morgan fingerprint density at radius 1 is 0.846 bits per heavy atom. The topological polar surface area (TPSA) is 21.8 Å². The van der Waals surface area contributed by atoms with Gasteiger partial charge in [-0.2, -0.15) is 0 Å². The maximum Gasteiger partial charge on any atom is 0.0781 e. The smallest absolute Gasteiger partial charge is 0.0781 e. The van der Waals surface area contributed by atoms with Gasteiger partial charge in [0.2, 0.25) is 0 Å². The molecule has 0 radical (unpaired) electrons. The van der Waals surface area contributed by atoms with Crippen LogP contribution >= 0.6 is 0 Å². The molecule has 2 fully saturated rings. The van der Waals surface area contributed by atoms with E-state index in [0.29, 0.717) is 6.10 Å². The van der Waals surface area contributed by atoms with E-state index >= 15 is 0 Å². The molecule has 0 spiro atoms. The van der Waals surface area contributed by atoms with Crippen LogP contribution in [0, 0.1) is 0 Å². The van der Waals surface area contributed by atoms with E-state index in [1.165, 1.54) is 38.5 Å². The monoisotopic (exact) mass is 186 g/mol. The molecule has 0 saturated carbocycles. The van der Waals surface area contributed by atoms with Gasteiger partial charge in [0.15, 0.2) is 0 Å². The van der Waals surface area contributed by atoms with Gasteiger partial charge in [-0.25, -0.2) is 0 Å². The molecular formula is C11H22O2. The molecule has 0 aliphatic carbocycles. The summed E-state index contributed by atoms with van der Waals surface area (Å²) in [7, 11) is 0. The minimum atomic E-state index is 0.583. The van der Waals surface area contributed by atoms with Crippen molar-refractivity contribution in [1.82, 2.24) is 0 Å². The summed E-state index contributed by atoms with van der Waals surface area (Å²) in [5.41, 5.74) is 0. The van der Waals surface area contributed by atoms with E-state index in [9.17, 15) is 0 Å². The number of hydrogen-bond acceptors (Lipinski definition) is 2. The van der Waals surface area contributed by atoms with Gasteiger partial charge in [-0.3, -0.25) is 0 Å². The second-order valence-electron chi connectivity index (χ2n) is 3.88. The number of hydrogen-bond donors (Lipinski definition) is 0. The molecule has 2 rings (SSSR count). The SMILES string of the molecule is C1CCCCOCCC1.CC1CO1. The van der Waals surface area contributed by atoms with Crippen molar-refractivity contribution in [3.05, 3.63) is 0 Å². The van der Waals surface area contributed by atoms with Gasteiger partial charge in [0.25, 0.3) is 0 Å². The lowest BCUT2D eigenvalue weighted by Crippen LogP contribution is -1.94. The van der Waals surface area contributed by atoms with Crippen molar-refractivity contribution in [3.8, 4) is 0 Å². The summed E-state index contributed by atoms with van der Waals surface area (Å²) >= 11 is 0. The third-order valence-corrected chi connectivity index (χ3v) is 2.33. The molecule has 78 valence electrons. The molecule has 2 saturated heterocycles. The molecule has 2 aliphatic heterocycles. The lowest BCUT2D eigenvalue weighted by atomic mass is 10.1. The van der Waals surface area contributed by atoms with Crippen LogP contribution in [0.2, 0.25) is 0 Å². The lowest BCUT2D eigenvalue weighted by Gasteiger charge is -1.97. The zero-order valence-corrected chi connectivity index (χ0v) is 8.76. The van der Waals surface area contributed by atoms with Crippen LogP contribution in [0.4, 0.5) is 0 Å². The highest BCUT2D eigenvalue weighted by atomic mass is 16.6. The van der Waals surface area contributed by atoms with Crippen molar-refractivity contribution >= 4 is 0 Å². The molecule has 2 heterocycles. The summed E-state index contributed by atoms with van der Waals surface area (Å²) in [5, 5.41) is 0. The molecule has 13 heavy (non-hydrogen) atoms. The van der Waals surface area contributed by atoms with Gasteiger partial charge in [-0.05, 0) is 19.8 Å². The Morgan fingerprint density at radius 3 is 1.62 bits per heavy atom. The molecule has 0 aromatic heterocycles. The van der Waals surface area contributed by atoms with Crippen LogP contribution in [0.1, 0.15) is 45.4 Å². The Bertz CT molecular complexity index is 82.1. The zero-order valence-electron chi connectivity index (χ0n) is 8.76. The summed E-state index contributed by atoms with van der Waals surface area (Å²) in [5.74, 6) is 0. The average molecular weight is 186 g/mol. The van der Waals surface area contributed by atoms with E-state index in [0.717, 1.165) is 19.8 Å². The standard InChI is InChI=1S/C8H16O.C3H6O/c1-2-4-6-8-9-7-5-3-1;1-3-2-4-3/h1-8H2;3H,2H2,1H3. The summed E-state index contributed by atoms with van der Waals surface area (Å²) < 4.78 is 10.1. The zero-order chi connectivity index (χ0) is 9.36. The number of epoxide rings is 1. The van der Waals surface area contributed by atoms with Crippen molar-refractivity contribution in [2.75, 3.05) is 19.8 Å². The highest BCUT2D eigenvalue weighted by Crippen LogP contribution is 2.08. The molecule has 1 atom stereocenters. The second-order valence-corrected chi connectivity index (χ2v) is 3.88. The molecule has 2 nitrogen and oxygen atoms in total. The first-order chi connectivity index (χ1) is 6.39. The van der Waals surface area contributed by atoms with E-state index in [2.05, 4.69) is 6.92 Å². The van der Waals surface area contributed by atoms with E-state index in [-0.39, 0.29) is 0 Å². The van der Waals surface area contributed by atoms with Crippen LogP contribution in [-0.4, -0.2) is 25.9 Å². The number of rotatable bonds is 0. The average Bonchev–Trinajstić information content (AvgIpc) is 2.89. The van der Waals surface area contributed by atoms with E-state index < -0.39 is 0 Å². The fourth-order valence-electron chi connectivity index (χ4n) is 1.31. The van der Waals surface area contributed by atoms with Crippen LogP contribution < -0.4 is 0 Å². The van der Waals surface area contributed by atoms with Gasteiger partial charge in [0, 0.05) is 13.2 Å². The Labute approximate surface area is 81.6 Å². The fraction of sp³-hybridized carbons (Fsp3) is 1.00. The largest absolute Gasteiger partial charge is 0.381 e. The Kier molecular flexibility index (Phi) is 6.21. The van der Waals surface area contributed by atoms with Crippen molar-refractivity contribution < 1.29 is 9.47 Å². The first-order valence-corrected chi connectivity index (χ1v) is 5.59. The quantitative estimate of drug-likeness (QED) is 0.543. The Hall–Kier alpha value is -0.0800. The summed E-state index contributed by atoms with van der Waals surface area (Å²) in [6, 6.07) is 0. The fourth-order valence-corrected chi connectivity index (χ4v) is 1.31. The van der Waals surface area contributed by atoms with E-state index in [4.69, 9.17) is 9.47 Å². The van der Waals surface area contributed by atoms with Crippen LogP contribution in [0.15, 0.2) is 0 Å². The third kappa shape index (κ3) is 8.26. The molecule has 1 unspecified atom stereocenters. The van der Waals surface area contributed by atoms with Gasteiger partial charge >= 0.3 is 0 Å². The molecule has 2 aliphatic rings. The number of ether oxygens (including phenoxy) is 2. The van der Waals surface area contributed by atoms with Crippen molar-refractivity contribution in [2.45, 2.75) is 51.6 Å². The first kappa shape index (κ1) is 11.0. The van der Waals surface area contributed by atoms with Gasteiger partial charge in [-0.1, -0.05) is 25.7 Å². The Balaban J connectivity index is 0.000000175. The maximum atomic E-state index is 5.35. The van der Waals surface area contributed by atoms with Crippen molar-refractivity contribution in [1.29, 1.82) is 0 Å². The van der Waals surface area contributed by atoms with E-state index in [1.54, 1.807) is 0 Å². The Morgan fingerprint density at radius 2 is 1.23 bits per heavy atom. The molecule has 0 N–H and O–H groups in total. The first-order valence-electron chi connectivity index (χ1n) is 5.59. The molecule has 2 heteroatoms. The summed E-state index contributed by atoms with van der Waals surface area (Å²) in [6.45, 7) is 5.04. The van der Waals surface area contributed by atoms with Gasteiger partial charge in [0.05, 0.1) is 12.7 Å². The van der Waals surface area contributed by atoms with Crippen LogP contribution in [-0.2, 0) is 9.47 Å². The minimum Gasteiger partial charge on any atom is -0.381 e. The highest BCUT2D eigenvalue weighted by molar-refractivity contribution is 4.58. The highest BCUT2D eigenvalue weighted by Gasteiger charge is 2.13. The molecule has 0 bridgehead atoms. The van der Waals surface area contributed by atoms with Crippen molar-refractivity contribution in [2.24, 2.45) is 0 Å². The van der Waals surface area contributed by atoms with Crippen molar-refractivity contribution in [3.63, 3.8) is 0 Å². The van der Waals surface area contributed by atoms with Gasteiger partial charge < -0.3 is 9.47 Å². The van der Waals surface area contributed by atoms with Crippen LogP contribution in [0.5, 0.6) is 0 Å². The van der Waals surface area contributed by atoms with Crippen LogP contribution in [0.25, 0.3) is 0 Å². The summed E-state index contributed by atoms with van der Waals surface area (Å²) in [6.07, 6.45) is 8.73. The molecular weight excluding hydrogens is 164 g/mol. The molecule has 0 amide bonds. The molecule has 0 aromatic rings. The second kappa shape index (κ2) is 7.34. The van der Waals surface area contributed by atoms with Gasteiger partial charge in [0.1, 0.15) is 0 Å². The maximum absolute atomic E-state index is 5.35. The van der Waals surface area contributed by atoms with Crippen LogP contribution in [0.3, 0.4) is 0 Å². The predicted molar refractivity (Wildman–Crippen MR) is 53.9 cm³/mol. The third-order valence-electron chi connectivity index (χ3n) is 2.33. The lowest BCUT2D eigenvalue weighted by molar-refractivity contribution is 0.131. The molecule has 0 aromatic carbocycles. The summed E-state index contributed by atoms with van der Waals surface area (Å²) in [4.78, 5) is 0.